The molecule has 1 saturated carbocycles. The van der Waals surface area contributed by atoms with Crippen LogP contribution in [0.2, 0.25) is 5.02 Å². The Morgan fingerprint density at radius 2 is 2.04 bits per heavy atom. The van der Waals surface area contributed by atoms with Crippen molar-refractivity contribution in [1.82, 2.24) is 10.2 Å². The average molecular weight is 416 g/mol. The van der Waals surface area contributed by atoms with E-state index >= 15 is 0 Å². The Hall–Kier alpha value is -0.910. The molecule has 0 radical (unpaired) electrons. The second-order valence-electron chi connectivity index (χ2n) is 6.84. The minimum atomic E-state index is -0.145. The monoisotopic (exact) mass is 415 g/mol. The lowest BCUT2D eigenvalue weighted by molar-refractivity contribution is -0.124. The molecule has 2 aliphatic rings. The maximum atomic E-state index is 12.6. The number of nitrogens with zero attached hydrogens (tertiary/aromatic N) is 2. The van der Waals surface area contributed by atoms with Crippen LogP contribution in [0, 0.1) is 0 Å². The topological polar surface area (TPSA) is 44.7 Å². The molecule has 1 aliphatic carbocycles. The lowest BCUT2D eigenvalue weighted by Gasteiger charge is -2.21. The SMILES string of the molecule is CN1C(=NC2CCCCCC2)SCC1C(=O)NCc1cccc(Cl)c1.Cl. The van der Waals surface area contributed by atoms with Gasteiger partial charge < -0.3 is 10.2 Å². The molecular formula is C19H27Cl2N3OS. The van der Waals surface area contributed by atoms with Gasteiger partial charge in [0.25, 0.3) is 0 Å². The molecule has 0 spiro atoms. The zero-order valence-electron chi connectivity index (χ0n) is 15.1. The predicted molar refractivity (Wildman–Crippen MR) is 113 cm³/mol. The van der Waals surface area contributed by atoms with E-state index in [0.29, 0.717) is 17.6 Å². The molecule has 4 nitrogen and oxygen atoms in total. The van der Waals surface area contributed by atoms with Gasteiger partial charge in [-0.15, -0.1) is 12.4 Å². The number of likely N-dealkylation sites (N-methyl/N-ethyl adjacent to an activating group) is 1. The number of hydrogen-bond donors (Lipinski definition) is 1. The van der Waals surface area contributed by atoms with Gasteiger partial charge in [0.15, 0.2) is 5.17 Å². The van der Waals surface area contributed by atoms with Gasteiger partial charge in [0, 0.05) is 24.4 Å². The summed E-state index contributed by atoms with van der Waals surface area (Å²) in [4.78, 5) is 19.5. The van der Waals surface area contributed by atoms with E-state index in [1.54, 1.807) is 11.8 Å². The van der Waals surface area contributed by atoms with E-state index in [1.807, 2.05) is 36.2 Å². The van der Waals surface area contributed by atoms with Gasteiger partial charge in [0.05, 0.1) is 6.04 Å². The average Bonchev–Trinajstić information content (AvgIpc) is 2.80. The van der Waals surface area contributed by atoms with Crippen LogP contribution < -0.4 is 5.32 Å². The molecule has 1 atom stereocenters. The van der Waals surface area contributed by atoms with Crippen LogP contribution >= 0.6 is 35.8 Å². The zero-order chi connectivity index (χ0) is 17.6. The minimum absolute atomic E-state index is 0. The molecule has 1 aromatic rings. The fourth-order valence-electron chi connectivity index (χ4n) is 3.38. The lowest BCUT2D eigenvalue weighted by atomic mass is 10.1. The molecule has 1 saturated heterocycles. The summed E-state index contributed by atoms with van der Waals surface area (Å²) in [5.41, 5.74) is 1.02. The van der Waals surface area contributed by atoms with Gasteiger partial charge in [0.1, 0.15) is 6.04 Å². The van der Waals surface area contributed by atoms with Crippen LogP contribution in [0.1, 0.15) is 44.1 Å². The highest BCUT2D eigenvalue weighted by Gasteiger charge is 2.33. The van der Waals surface area contributed by atoms with Gasteiger partial charge in [-0.1, -0.05) is 61.2 Å². The van der Waals surface area contributed by atoms with Crippen molar-refractivity contribution in [2.24, 2.45) is 4.99 Å². The number of rotatable bonds is 4. The molecule has 0 bridgehead atoms. The maximum Gasteiger partial charge on any atom is 0.243 e. The van der Waals surface area contributed by atoms with Crippen LogP contribution in [0.3, 0.4) is 0 Å². The summed E-state index contributed by atoms with van der Waals surface area (Å²) in [7, 11) is 1.99. The standard InChI is InChI=1S/C19H26ClN3OS.ClH/c1-23-17(18(24)21-12-14-7-6-8-15(20)11-14)13-25-19(23)22-16-9-4-2-3-5-10-16;/h6-8,11,16-17H,2-5,9-10,12-13H2,1H3,(H,21,24);1H. The number of aliphatic imine (C=N–C) groups is 1. The molecule has 3 rings (SSSR count). The van der Waals surface area contributed by atoms with Crippen molar-refractivity contribution in [3.63, 3.8) is 0 Å². The predicted octanol–water partition coefficient (Wildman–Crippen LogP) is 4.50. The third kappa shape index (κ3) is 5.80. The fraction of sp³-hybridized carbons (Fsp3) is 0.579. The molecule has 144 valence electrons. The Kier molecular flexibility index (Phi) is 8.58. The zero-order valence-corrected chi connectivity index (χ0v) is 17.5. The van der Waals surface area contributed by atoms with Crippen molar-refractivity contribution in [3.05, 3.63) is 34.9 Å². The molecule has 0 aromatic heterocycles. The Morgan fingerprint density at radius 3 is 2.73 bits per heavy atom. The van der Waals surface area contributed by atoms with E-state index in [0.717, 1.165) is 16.5 Å². The van der Waals surface area contributed by atoms with Gasteiger partial charge >= 0.3 is 0 Å². The number of nitrogens with one attached hydrogen (secondary N) is 1. The van der Waals surface area contributed by atoms with E-state index in [2.05, 4.69) is 5.32 Å². The summed E-state index contributed by atoms with van der Waals surface area (Å²) in [5.74, 6) is 0.824. The summed E-state index contributed by atoms with van der Waals surface area (Å²) in [6.07, 6.45) is 7.59. The normalized spacial score (nSPS) is 22.8. The third-order valence-electron chi connectivity index (χ3n) is 4.92. The van der Waals surface area contributed by atoms with Gasteiger partial charge in [-0.3, -0.25) is 9.79 Å². The first-order chi connectivity index (χ1) is 12.1. The van der Waals surface area contributed by atoms with E-state index in [4.69, 9.17) is 16.6 Å². The minimum Gasteiger partial charge on any atom is -0.350 e. The number of carbonyl (C=O) groups excluding carboxylic acids is 1. The van der Waals surface area contributed by atoms with Crippen molar-refractivity contribution in [2.75, 3.05) is 12.8 Å². The first-order valence-corrected chi connectivity index (χ1v) is 10.5. The van der Waals surface area contributed by atoms with Gasteiger partial charge in [-0.05, 0) is 30.5 Å². The Labute approximate surface area is 171 Å². The Bertz CT molecular complexity index is 633. The van der Waals surface area contributed by atoms with E-state index in [-0.39, 0.29) is 24.4 Å². The highest BCUT2D eigenvalue weighted by Crippen LogP contribution is 2.27. The Balaban J connectivity index is 0.00000243. The van der Waals surface area contributed by atoms with Gasteiger partial charge in [-0.2, -0.15) is 0 Å². The second kappa shape index (κ2) is 10.4. The van der Waals surface area contributed by atoms with Crippen LogP contribution in [0.4, 0.5) is 0 Å². The van der Waals surface area contributed by atoms with Crippen LogP contribution in [0.5, 0.6) is 0 Å². The van der Waals surface area contributed by atoms with Crippen molar-refractivity contribution in [3.8, 4) is 0 Å². The first-order valence-electron chi connectivity index (χ1n) is 9.09. The molecule has 26 heavy (non-hydrogen) atoms. The number of hydrogen-bond acceptors (Lipinski definition) is 3. The summed E-state index contributed by atoms with van der Waals surface area (Å²) >= 11 is 7.70. The maximum absolute atomic E-state index is 12.6. The van der Waals surface area contributed by atoms with Gasteiger partial charge in [0.2, 0.25) is 5.91 Å². The first kappa shape index (κ1) is 21.4. The number of thioether (sulfide) groups is 1. The largest absolute Gasteiger partial charge is 0.350 e. The van der Waals surface area contributed by atoms with E-state index in [9.17, 15) is 4.79 Å². The molecule has 1 unspecified atom stereocenters. The number of benzene rings is 1. The molecule has 1 amide bonds. The molecule has 2 fully saturated rings. The Morgan fingerprint density at radius 1 is 1.31 bits per heavy atom. The number of amidine groups is 1. The van der Waals surface area contributed by atoms with Crippen LogP contribution in [0.15, 0.2) is 29.3 Å². The van der Waals surface area contributed by atoms with Crippen molar-refractivity contribution in [2.45, 2.75) is 57.2 Å². The van der Waals surface area contributed by atoms with Crippen molar-refractivity contribution >= 4 is 46.8 Å². The summed E-state index contributed by atoms with van der Waals surface area (Å²) < 4.78 is 0. The van der Waals surface area contributed by atoms with Crippen LogP contribution in [-0.4, -0.2) is 40.9 Å². The number of amides is 1. The van der Waals surface area contributed by atoms with Crippen LogP contribution in [0.25, 0.3) is 0 Å². The number of carbonyl (C=O) groups is 1. The molecule has 1 aliphatic heterocycles. The van der Waals surface area contributed by atoms with Crippen molar-refractivity contribution in [1.29, 1.82) is 0 Å². The quantitative estimate of drug-likeness (QED) is 0.735. The lowest BCUT2D eigenvalue weighted by Crippen LogP contribution is -2.44. The number of halogens is 2. The highest BCUT2D eigenvalue weighted by atomic mass is 35.5. The fourth-order valence-corrected chi connectivity index (χ4v) is 4.83. The molecule has 1 N–H and O–H groups in total. The van der Waals surface area contributed by atoms with Crippen molar-refractivity contribution < 1.29 is 4.79 Å². The second-order valence-corrected chi connectivity index (χ2v) is 8.27. The third-order valence-corrected chi connectivity index (χ3v) is 6.28. The smallest absolute Gasteiger partial charge is 0.243 e. The molecular weight excluding hydrogens is 389 g/mol. The van der Waals surface area contributed by atoms with Crippen LogP contribution in [-0.2, 0) is 11.3 Å². The molecule has 1 aromatic carbocycles. The van der Waals surface area contributed by atoms with E-state index in [1.165, 1.54) is 38.5 Å². The summed E-state index contributed by atoms with van der Waals surface area (Å²) in [6.45, 7) is 0.503. The summed E-state index contributed by atoms with van der Waals surface area (Å²) in [6, 6.07) is 7.88. The molecule has 7 heteroatoms. The van der Waals surface area contributed by atoms with E-state index < -0.39 is 0 Å². The highest BCUT2D eigenvalue weighted by molar-refractivity contribution is 8.14. The molecule has 1 heterocycles. The van der Waals surface area contributed by atoms with Gasteiger partial charge in [-0.25, -0.2) is 0 Å². The summed E-state index contributed by atoms with van der Waals surface area (Å²) in [5, 5.41) is 4.74.